The van der Waals surface area contributed by atoms with E-state index in [1.54, 1.807) is 12.1 Å². The fourth-order valence-electron chi connectivity index (χ4n) is 4.73. The molecule has 1 aromatic carbocycles. The Bertz CT molecular complexity index is 732. The molecule has 132 valence electrons. The summed E-state index contributed by atoms with van der Waals surface area (Å²) in [6.07, 6.45) is 3.15. The summed E-state index contributed by atoms with van der Waals surface area (Å²) in [6, 6.07) is 8.44. The van der Waals surface area contributed by atoms with Gasteiger partial charge >= 0.3 is 5.97 Å². The fraction of sp³-hybridized carbons (Fsp3) is 0.550. The van der Waals surface area contributed by atoms with Gasteiger partial charge in [-0.05, 0) is 54.4 Å². The van der Waals surface area contributed by atoms with Crippen LogP contribution in [0, 0.1) is 22.2 Å². The zero-order valence-electron chi connectivity index (χ0n) is 15.0. The summed E-state index contributed by atoms with van der Waals surface area (Å²) in [5.41, 5.74) is 1.23. The molecule has 3 rings (SSSR count). The van der Waals surface area contributed by atoms with Gasteiger partial charge in [-0.1, -0.05) is 20.8 Å². The van der Waals surface area contributed by atoms with Gasteiger partial charge < -0.3 is 9.64 Å². The summed E-state index contributed by atoms with van der Waals surface area (Å²) in [5.74, 6) is -0.653. The minimum Gasteiger partial charge on any atom is -0.452 e. The maximum absolute atomic E-state index is 12.6. The summed E-state index contributed by atoms with van der Waals surface area (Å²) in [7, 11) is 0. The number of ether oxygens (including phenoxy) is 1. The van der Waals surface area contributed by atoms with E-state index >= 15 is 0 Å². The van der Waals surface area contributed by atoms with Gasteiger partial charge in [0.15, 0.2) is 6.61 Å². The van der Waals surface area contributed by atoms with Gasteiger partial charge in [-0.3, -0.25) is 4.79 Å². The molecular formula is C20H24N2O3. The van der Waals surface area contributed by atoms with Crippen molar-refractivity contribution in [3.63, 3.8) is 0 Å². The van der Waals surface area contributed by atoms with Gasteiger partial charge in [0, 0.05) is 12.6 Å². The molecule has 5 heteroatoms. The second-order valence-electron chi connectivity index (χ2n) is 8.50. The van der Waals surface area contributed by atoms with E-state index in [0.29, 0.717) is 11.1 Å². The van der Waals surface area contributed by atoms with Crippen LogP contribution < -0.4 is 0 Å². The van der Waals surface area contributed by atoms with E-state index in [1.165, 1.54) is 12.1 Å². The number of likely N-dealkylation sites (tertiary alicyclic amines) is 1. The first-order chi connectivity index (χ1) is 11.7. The quantitative estimate of drug-likeness (QED) is 0.793. The Morgan fingerprint density at radius 2 is 1.92 bits per heavy atom. The second kappa shape index (κ2) is 6.18. The maximum atomic E-state index is 12.6. The van der Waals surface area contributed by atoms with Crippen molar-refractivity contribution in [3.8, 4) is 6.07 Å². The average molecular weight is 340 g/mol. The summed E-state index contributed by atoms with van der Waals surface area (Å²) in [4.78, 5) is 26.6. The van der Waals surface area contributed by atoms with E-state index in [0.717, 1.165) is 25.8 Å². The van der Waals surface area contributed by atoms with Crippen LogP contribution in [0.2, 0.25) is 0 Å². The standard InChI is InChI=1S/C20H24N2O3/c1-19(2)8-16-9-20(3,12-19)13-22(16)17(23)11-25-18(24)15-6-4-14(10-21)5-7-15/h4-7,16H,8-9,11-13H2,1-3H3/t16-,20-/m1/s1. The van der Waals surface area contributed by atoms with Gasteiger partial charge in [0.25, 0.3) is 5.91 Å². The fourth-order valence-corrected chi connectivity index (χ4v) is 4.73. The lowest BCUT2D eigenvalue weighted by Gasteiger charge is -2.39. The molecule has 1 heterocycles. The number of esters is 1. The van der Waals surface area contributed by atoms with Crippen LogP contribution in [0.4, 0.5) is 0 Å². The minimum atomic E-state index is -0.536. The SMILES string of the molecule is CC1(C)C[C@@H]2C[C@@](C)(CN2C(=O)COC(=O)c2ccc(C#N)cc2)C1. The van der Waals surface area contributed by atoms with Gasteiger partial charge in [0.05, 0.1) is 17.2 Å². The van der Waals surface area contributed by atoms with Crippen molar-refractivity contribution in [2.75, 3.05) is 13.2 Å². The number of fused-ring (bicyclic) bond motifs is 2. The molecule has 1 amide bonds. The number of benzene rings is 1. The van der Waals surface area contributed by atoms with Crippen LogP contribution in [0.3, 0.4) is 0 Å². The maximum Gasteiger partial charge on any atom is 0.338 e. The van der Waals surface area contributed by atoms with Crippen LogP contribution in [0.5, 0.6) is 0 Å². The molecule has 0 aromatic heterocycles. The lowest BCUT2D eigenvalue weighted by Crippen LogP contribution is -2.39. The molecule has 1 aliphatic heterocycles. The first-order valence-electron chi connectivity index (χ1n) is 8.68. The Kier molecular flexibility index (Phi) is 4.32. The van der Waals surface area contributed by atoms with Crippen LogP contribution in [-0.4, -0.2) is 36.0 Å². The number of rotatable bonds is 3. The largest absolute Gasteiger partial charge is 0.452 e. The summed E-state index contributed by atoms with van der Waals surface area (Å²) in [6.45, 7) is 7.28. The molecular weight excluding hydrogens is 316 g/mol. The highest BCUT2D eigenvalue weighted by Crippen LogP contribution is 2.52. The van der Waals surface area contributed by atoms with Crippen LogP contribution in [0.1, 0.15) is 56.0 Å². The number of carbonyl (C=O) groups is 2. The predicted octanol–water partition coefficient (Wildman–Crippen LogP) is 3.14. The number of hydrogen-bond donors (Lipinski definition) is 0. The van der Waals surface area contributed by atoms with Crippen molar-refractivity contribution in [1.82, 2.24) is 4.90 Å². The number of nitriles is 1. The minimum absolute atomic E-state index is 0.117. The molecule has 1 aromatic rings. The number of hydrogen-bond acceptors (Lipinski definition) is 4. The summed E-state index contributed by atoms with van der Waals surface area (Å²) in [5, 5.41) is 8.78. The molecule has 1 saturated carbocycles. The van der Waals surface area contributed by atoms with Gasteiger partial charge in [-0.15, -0.1) is 0 Å². The highest BCUT2D eigenvalue weighted by atomic mass is 16.5. The van der Waals surface area contributed by atoms with Crippen molar-refractivity contribution >= 4 is 11.9 Å². The van der Waals surface area contributed by atoms with Crippen molar-refractivity contribution in [2.24, 2.45) is 10.8 Å². The van der Waals surface area contributed by atoms with Crippen molar-refractivity contribution in [3.05, 3.63) is 35.4 Å². The smallest absolute Gasteiger partial charge is 0.338 e. The predicted molar refractivity (Wildman–Crippen MR) is 92.7 cm³/mol. The van der Waals surface area contributed by atoms with Gasteiger partial charge in [-0.25, -0.2) is 4.79 Å². The van der Waals surface area contributed by atoms with E-state index < -0.39 is 5.97 Å². The van der Waals surface area contributed by atoms with E-state index in [2.05, 4.69) is 20.8 Å². The third-order valence-electron chi connectivity index (χ3n) is 5.31. The van der Waals surface area contributed by atoms with Crippen molar-refractivity contribution < 1.29 is 14.3 Å². The van der Waals surface area contributed by atoms with Crippen molar-refractivity contribution in [2.45, 2.75) is 46.1 Å². The van der Waals surface area contributed by atoms with Gasteiger partial charge in [0.1, 0.15) is 0 Å². The van der Waals surface area contributed by atoms with Crippen LogP contribution in [-0.2, 0) is 9.53 Å². The molecule has 0 spiro atoms. The van der Waals surface area contributed by atoms with E-state index in [9.17, 15) is 9.59 Å². The van der Waals surface area contributed by atoms with E-state index in [4.69, 9.17) is 10.00 Å². The number of amides is 1. The van der Waals surface area contributed by atoms with Crippen LogP contribution in [0.15, 0.2) is 24.3 Å². The van der Waals surface area contributed by atoms with Gasteiger partial charge in [0.2, 0.25) is 0 Å². The molecule has 1 saturated heterocycles. The Hall–Kier alpha value is -2.35. The molecule has 2 atom stereocenters. The lowest BCUT2D eigenvalue weighted by molar-refractivity contribution is -0.135. The molecule has 2 aliphatic rings. The summed E-state index contributed by atoms with van der Waals surface area (Å²) >= 11 is 0. The third kappa shape index (κ3) is 3.68. The first-order valence-corrected chi connectivity index (χ1v) is 8.68. The molecule has 0 N–H and O–H groups in total. The average Bonchev–Trinajstić information content (AvgIpc) is 2.81. The Morgan fingerprint density at radius 3 is 2.56 bits per heavy atom. The van der Waals surface area contributed by atoms with Crippen LogP contribution in [0.25, 0.3) is 0 Å². The molecule has 0 unspecified atom stereocenters. The molecule has 2 fully saturated rings. The van der Waals surface area contributed by atoms with E-state index in [-0.39, 0.29) is 29.4 Å². The zero-order valence-corrected chi connectivity index (χ0v) is 15.0. The molecule has 25 heavy (non-hydrogen) atoms. The molecule has 2 bridgehead atoms. The monoisotopic (exact) mass is 340 g/mol. The molecule has 0 radical (unpaired) electrons. The Morgan fingerprint density at radius 1 is 1.24 bits per heavy atom. The highest BCUT2D eigenvalue weighted by molar-refractivity contribution is 5.91. The lowest BCUT2D eigenvalue weighted by atomic mass is 9.65. The van der Waals surface area contributed by atoms with Crippen molar-refractivity contribution in [1.29, 1.82) is 5.26 Å². The summed E-state index contributed by atoms with van der Waals surface area (Å²) < 4.78 is 5.20. The first kappa shape index (κ1) is 17.5. The topological polar surface area (TPSA) is 70.4 Å². The number of nitrogens with zero attached hydrogens (tertiary/aromatic N) is 2. The molecule has 5 nitrogen and oxygen atoms in total. The zero-order chi connectivity index (χ0) is 18.2. The van der Waals surface area contributed by atoms with E-state index in [1.807, 2.05) is 11.0 Å². The third-order valence-corrected chi connectivity index (χ3v) is 5.31. The highest BCUT2D eigenvalue weighted by Gasteiger charge is 2.50. The Labute approximate surface area is 148 Å². The Balaban J connectivity index is 1.59. The second-order valence-corrected chi connectivity index (χ2v) is 8.50. The number of carbonyl (C=O) groups excluding carboxylic acids is 2. The van der Waals surface area contributed by atoms with Crippen LogP contribution >= 0.6 is 0 Å². The van der Waals surface area contributed by atoms with Gasteiger partial charge in [-0.2, -0.15) is 5.26 Å². The normalized spacial score (nSPS) is 26.8. The molecule has 1 aliphatic carbocycles.